The predicted molar refractivity (Wildman–Crippen MR) is 69.6 cm³/mol. The van der Waals surface area contributed by atoms with Crippen LogP contribution in [0, 0.1) is 0 Å². The van der Waals surface area contributed by atoms with Gasteiger partial charge in [0, 0.05) is 13.1 Å². The van der Waals surface area contributed by atoms with Crippen LogP contribution in [0.15, 0.2) is 29.2 Å². The molecule has 1 aromatic rings. The van der Waals surface area contributed by atoms with Crippen LogP contribution in [0.3, 0.4) is 0 Å². The Morgan fingerprint density at radius 2 is 1.42 bits per heavy atom. The Labute approximate surface area is 111 Å². The average molecular weight is 312 g/mol. The first kappa shape index (κ1) is 18.0. The van der Waals surface area contributed by atoms with Crippen LogP contribution in [0.25, 0.3) is 0 Å². The quantitative estimate of drug-likeness (QED) is 0.527. The molecule has 0 bridgehead atoms. The third-order valence-corrected chi connectivity index (χ3v) is 3.45. The molecule has 0 aliphatic heterocycles. The zero-order valence-corrected chi connectivity index (χ0v) is 11.6. The highest BCUT2D eigenvalue weighted by Crippen LogP contribution is 2.09. The van der Waals surface area contributed by atoms with Gasteiger partial charge in [-0.2, -0.15) is 16.8 Å². The summed E-state index contributed by atoms with van der Waals surface area (Å²) in [5, 5.41) is 0. The van der Waals surface area contributed by atoms with Crippen LogP contribution in [0.2, 0.25) is 0 Å². The molecule has 0 unspecified atom stereocenters. The van der Waals surface area contributed by atoms with Crippen molar-refractivity contribution in [2.45, 2.75) is 11.4 Å². The van der Waals surface area contributed by atoms with Crippen molar-refractivity contribution >= 4 is 20.2 Å². The fraction of sp³-hybridized carbons (Fsp3) is 0.333. The summed E-state index contributed by atoms with van der Waals surface area (Å²) in [5.74, 6) is -0.354. The molecular formula is C9H16N2O6S2. The lowest BCUT2D eigenvalue weighted by Gasteiger charge is -1.98. The highest BCUT2D eigenvalue weighted by atomic mass is 32.2. The first-order chi connectivity index (χ1) is 8.60. The normalized spacial score (nSPS) is 11.6. The molecule has 0 heterocycles. The summed E-state index contributed by atoms with van der Waals surface area (Å²) in [4.78, 5) is -0.111. The third kappa shape index (κ3) is 8.64. The maximum atomic E-state index is 10.6. The molecule has 6 N–H and O–H groups in total. The SMILES string of the molecule is NCCS(=O)(=O)O.NCc1ccc(S(=O)(=O)O)cc1. The molecule has 0 saturated carbocycles. The number of hydrogen-bond donors (Lipinski definition) is 4. The Morgan fingerprint density at radius 3 is 1.63 bits per heavy atom. The Balaban J connectivity index is 0.000000399. The van der Waals surface area contributed by atoms with E-state index in [2.05, 4.69) is 0 Å². The van der Waals surface area contributed by atoms with Crippen molar-refractivity contribution in [1.29, 1.82) is 0 Å². The molecular weight excluding hydrogens is 296 g/mol. The highest BCUT2D eigenvalue weighted by molar-refractivity contribution is 7.86. The Bertz CT molecular complexity index is 580. The van der Waals surface area contributed by atoms with Crippen LogP contribution in [0.1, 0.15) is 5.56 Å². The van der Waals surface area contributed by atoms with Gasteiger partial charge >= 0.3 is 0 Å². The molecule has 0 amide bonds. The smallest absolute Gasteiger partial charge is 0.294 e. The number of hydrogen-bond acceptors (Lipinski definition) is 6. The van der Waals surface area contributed by atoms with E-state index in [1.54, 1.807) is 12.1 Å². The van der Waals surface area contributed by atoms with Crippen LogP contribution in [-0.2, 0) is 26.8 Å². The predicted octanol–water partition coefficient (Wildman–Crippen LogP) is -0.775. The second kappa shape index (κ2) is 7.53. The van der Waals surface area contributed by atoms with Crippen molar-refractivity contribution < 1.29 is 25.9 Å². The lowest BCUT2D eigenvalue weighted by atomic mass is 10.2. The minimum atomic E-state index is -4.07. The molecule has 0 saturated heterocycles. The first-order valence-electron chi connectivity index (χ1n) is 5.02. The second-order valence-corrected chi connectivity index (χ2v) is 6.39. The maximum absolute atomic E-state index is 10.6. The molecule has 0 radical (unpaired) electrons. The molecule has 8 nitrogen and oxygen atoms in total. The fourth-order valence-corrected chi connectivity index (χ4v) is 1.72. The van der Waals surface area contributed by atoms with Crippen molar-refractivity contribution in [3.63, 3.8) is 0 Å². The summed E-state index contributed by atoms with van der Waals surface area (Å²) in [6.07, 6.45) is 0. The molecule has 0 aliphatic carbocycles. The first-order valence-corrected chi connectivity index (χ1v) is 8.07. The van der Waals surface area contributed by atoms with Crippen molar-refractivity contribution in [2.75, 3.05) is 12.3 Å². The Hall–Kier alpha value is -1.04. The van der Waals surface area contributed by atoms with Crippen molar-refractivity contribution in [2.24, 2.45) is 11.5 Å². The molecule has 0 atom stereocenters. The minimum absolute atomic E-state index is 0.0289. The molecule has 0 aromatic heterocycles. The van der Waals surface area contributed by atoms with Gasteiger partial charge in [0.1, 0.15) is 0 Å². The van der Waals surface area contributed by atoms with Crippen LogP contribution < -0.4 is 11.5 Å². The van der Waals surface area contributed by atoms with E-state index in [1.165, 1.54) is 12.1 Å². The van der Waals surface area contributed by atoms with Crippen molar-refractivity contribution in [3.05, 3.63) is 29.8 Å². The third-order valence-electron chi connectivity index (χ3n) is 1.83. The van der Waals surface area contributed by atoms with Gasteiger partial charge < -0.3 is 11.5 Å². The number of benzene rings is 1. The second-order valence-electron chi connectivity index (χ2n) is 3.40. The topological polar surface area (TPSA) is 161 Å². The van der Waals surface area contributed by atoms with Gasteiger partial charge in [-0.25, -0.2) is 0 Å². The highest BCUT2D eigenvalue weighted by Gasteiger charge is 2.07. The van der Waals surface area contributed by atoms with E-state index in [1.807, 2.05) is 0 Å². The standard InChI is InChI=1S/C7H9NO3S.C2H7NO3S/c8-5-6-1-3-7(4-2-6)12(9,10)11;3-1-2-7(4,5)6/h1-4H,5,8H2,(H,9,10,11);1-3H2,(H,4,5,6). The monoisotopic (exact) mass is 312 g/mol. The van der Waals surface area contributed by atoms with Gasteiger partial charge in [0.15, 0.2) is 0 Å². The molecule has 0 fully saturated rings. The number of nitrogens with two attached hydrogens (primary N) is 2. The summed E-state index contributed by atoms with van der Waals surface area (Å²) in [6.45, 7) is 0.324. The molecule has 19 heavy (non-hydrogen) atoms. The lowest BCUT2D eigenvalue weighted by molar-refractivity contribution is 0.481. The van der Waals surface area contributed by atoms with E-state index in [-0.39, 0.29) is 17.2 Å². The van der Waals surface area contributed by atoms with E-state index < -0.39 is 20.2 Å². The van der Waals surface area contributed by atoms with E-state index in [4.69, 9.17) is 20.6 Å². The van der Waals surface area contributed by atoms with Crippen LogP contribution >= 0.6 is 0 Å². The lowest BCUT2D eigenvalue weighted by Crippen LogP contribution is -2.13. The minimum Gasteiger partial charge on any atom is -0.329 e. The summed E-state index contributed by atoms with van der Waals surface area (Å²) in [7, 11) is -7.87. The number of rotatable bonds is 4. The summed E-state index contributed by atoms with van der Waals surface area (Å²) in [5.41, 5.74) is 10.9. The zero-order chi connectivity index (χ0) is 15.1. The van der Waals surface area contributed by atoms with Gasteiger partial charge in [-0.15, -0.1) is 0 Å². The molecule has 10 heteroatoms. The van der Waals surface area contributed by atoms with E-state index in [9.17, 15) is 16.8 Å². The molecule has 0 spiro atoms. The summed E-state index contributed by atoms with van der Waals surface area (Å²) in [6, 6.07) is 5.75. The van der Waals surface area contributed by atoms with Gasteiger partial charge in [-0.1, -0.05) is 12.1 Å². The van der Waals surface area contributed by atoms with Gasteiger partial charge in [0.2, 0.25) is 0 Å². The summed E-state index contributed by atoms with van der Waals surface area (Å²) >= 11 is 0. The van der Waals surface area contributed by atoms with E-state index >= 15 is 0 Å². The Kier molecular flexibility index (Phi) is 7.11. The summed E-state index contributed by atoms with van der Waals surface area (Å²) < 4.78 is 57.0. The maximum Gasteiger partial charge on any atom is 0.294 e. The van der Waals surface area contributed by atoms with E-state index in [0.29, 0.717) is 6.54 Å². The molecule has 1 aromatic carbocycles. The van der Waals surface area contributed by atoms with Gasteiger partial charge in [-0.05, 0) is 17.7 Å². The largest absolute Gasteiger partial charge is 0.329 e. The fourth-order valence-electron chi connectivity index (χ4n) is 0.946. The Morgan fingerprint density at radius 1 is 0.947 bits per heavy atom. The molecule has 1 rings (SSSR count). The van der Waals surface area contributed by atoms with Gasteiger partial charge in [0.25, 0.3) is 20.2 Å². The van der Waals surface area contributed by atoms with Gasteiger partial charge in [0.05, 0.1) is 10.6 Å². The zero-order valence-electron chi connectivity index (χ0n) is 9.93. The average Bonchev–Trinajstić information content (AvgIpc) is 2.27. The van der Waals surface area contributed by atoms with Crippen LogP contribution in [0.5, 0.6) is 0 Å². The van der Waals surface area contributed by atoms with Crippen LogP contribution in [0.4, 0.5) is 0 Å². The van der Waals surface area contributed by atoms with Crippen molar-refractivity contribution in [1.82, 2.24) is 0 Å². The van der Waals surface area contributed by atoms with Gasteiger partial charge in [-0.3, -0.25) is 9.11 Å². The van der Waals surface area contributed by atoms with E-state index in [0.717, 1.165) is 5.56 Å². The molecule has 0 aliphatic rings. The van der Waals surface area contributed by atoms with Crippen LogP contribution in [-0.4, -0.2) is 38.2 Å². The molecule has 110 valence electrons. The van der Waals surface area contributed by atoms with Crippen molar-refractivity contribution in [3.8, 4) is 0 Å².